The highest BCUT2D eigenvalue weighted by molar-refractivity contribution is 6.07. The number of urea groups is 1. The molecule has 2 fully saturated rings. The zero-order valence-electron chi connectivity index (χ0n) is 21.4. The van der Waals surface area contributed by atoms with Gasteiger partial charge in [0.2, 0.25) is 5.91 Å². The van der Waals surface area contributed by atoms with Crippen molar-refractivity contribution in [1.82, 2.24) is 20.2 Å². The lowest BCUT2D eigenvalue weighted by Crippen LogP contribution is -2.55. The summed E-state index contributed by atoms with van der Waals surface area (Å²) in [4.78, 5) is 55.5. The quantitative estimate of drug-likeness (QED) is 0.321. The summed E-state index contributed by atoms with van der Waals surface area (Å²) in [6.45, 7) is 5.30. The van der Waals surface area contributed by atoms with Crippen LogP contribution in [0.4, 0.5) is 4.79 Å². The van der Waals surface area contributed by atoms with E-state index in [4.69, 9.17) is 4.74 Å². The Morgan fingerprint density at radius 1 is 1.03 bits per heavy atom. The molecule has 0 bridgehead atoms. The van der Waals surface area contributed by atoms with Crippen molar-refractivity contribution in [3.8, 4) is 5.75 Å². The number of carbonyl (C=O) groups is 4. The molecule has 2 unspecified atom stereocenters. The maximum atomic E-state index is 13.6. The van der Waals surface area contributed by atoms with Crippen molar-refractivity contribution in [1.29, 1.82) is 0 Å². The summed E-state index contributed by atoms with van der Waals surface area (Å²) >= 11 is 0. The van der Waals surface area contributed by atoms with Crippen LogP contribution >= 0.6 is 0 Å². The van der Waals surface area contributed by atoms with Crippen molar-refractivity contribution in [3.63, 3.8) is 0 Å². The predicted molar refractivity (Wildman–Crippen MR) is 134 cm³/mol. The molecule has 196 valence electrons. The van der Waals surface area contributed by atoms with E-state index >= 15 is 0 Å². The third kappa shape index (κ3) is 4.64. The molecular formula is C27H32N4O6. The summed E-state index contributed by atoms with van der Waals surface area (Å²) in [5.41, 5.74) is 1.37. The first-order chi connectivity index (χ1) is 17.5. The van der Waals surface area contributed by atoms with E-state index in [0.717, 1.165) is 16.0 Å². The highest BCUT2D eigenvalue weighted by Crippen LogP contribution is 2.38. The fraction of sp³-hybridized carbons (Fsp3) is 0.407. The Kier molecular flexibility index (Phi) is 6.96. The minimum absolute atomic E-state index is 0.217. The molecule has 2 aliphatic heterocycles. The normalized spacial score (nSPS) is 22.0. The SMILES string of the molecule is CN1C(=O)N(CC(C(=O)NO)N2CCC(C)(c3ccc(OCc4ccccc4)cc3)C2=O)C(=O)C1(C)C. The molecule has 0 aromatic heterocycles. The predicted octanol–water partition coefficient (Wildman–Crippen LogP) is 2.30. The van der Waals surface area contributed by atoms with Crippen molar-refractivity contribution in [3.05, 3.63) is 65.7 Å². The van der Waals surface area contributed by atoms with Crippen LogP contribution in [-0.2, 0) is 26.4 Å². The number of hydrogen-bond acceptors (Lipinski definition) is 6. The van der Waals surface area contributed by atoms with Gasteiger partial charge in [-0.3, -0.25) is 24.5 Å². The molecular weight excluding hydrogens is 476 g/mol. The molecule has 0 aliphatic carbocycles. The van der Waals surface area contributed by atoms with Gasteiger partial charge in [-0.2, -0.15) is 0 Å². The summed E-state index contributed by atoms with van der Waals surface area (Å²) in [7, 11) is 1.51. The highest BCUT2D eigenvalue weighted by Gasteiger charge is 2.53. The Balaban J connectivity index is 1.50. The number of likely N-dealkylation sites (tertiary alicyclic amines) is 1. The van der Waals surface area contributed by atoms with E-state index in [9.17, 15) is 24.4 Å². The Morgan fingerprint density at radius 2 is 1.68 bits per heavy atom. The molecule has 2 atom stereocenters. The first-order valence-corrected chi connectivity index (χ1v) is 12.1. The molecule has 2 aromatic carbocycles. The number of amides is 5. The monoisotopic (exact) mass is 508 g/mol. The third-order valence-corrected chi connectivity index (χ3v) is 7.59. The summed E-state index contributed by atoms with van der Waals surface area (Å²) in [6, 6.07) is 15.2. The molecule has 37 heavy (non-hydrogen) atoms. The smallest absolute Gasteiger partial charge is 0.327 e. The maximum absolute atomic E-state index is 13.6. The van der Waals surface area contributed by atoms with Crippen molar-refractivity contribution in [2.45, 2.75) is 50.8 Å². The van der Waals surface area contributed by atoms with E-state index in [2.05, 4.69) is 0 Å². The van der Waals surface area contributed by atoms with Gasteiger partial charge in [0.05, 0.1) is 12.0 Å². The summed E-state index contributed by atoms with van der Waals surface area (Å²) in [5, 5.41) is 9.37. The minimum atomic E-state index is -1.23. The second kappa shape index (κ2) is 9.85. The second-order valence-electron chi connectivity index (χ2n) is 10.2. The number of nitrogens with zero attached hydrogens (tertiary/aromatic N) is 3. The molecule has 4 rings (SSSR count). The largest absolute Gasteiger partial charge is 0.489 e. The lowest BCUT2D eigenvalue weighted by atomic mass is 9.81. The Bertz CT molecular complexity index is 1200. The van der Waals surface area contributed by atoms with Gasteiger partial charge in [0.1, 0.15) is 23.9 Å². The fourth-order valence-electron chi connectivity index (χ4n) is 4.81. The van der Waals surface area contributed by atoms with Crippen LogP contribution < -0.4 is 10.2 Å². The molecule has 2 saturated heterocycles. The Hall–Kier alpha value is -3.92. The lowest BCUT2D eigenvalue weighted by molar-refractivity contribution is -0.145. The minimum Gasteiger partial charge on any atom is -0.489 e. The molecule has 0 saturated carbocycles. The number of rotatable bonds is 8. The zero-order chi connectivity index (χ0) is 27.0. The first kappa shape index (κ1) is 26.2. The van der Waals surface area contributed by atoms with Gasteiger partial charge < -0.3 is 14.5 Å². The van der Waals surface area contributed by atoms with Gasteiger partial charge in [0, 0.05) is 13.6 Å². The Labute approximate surface area is 215 Å². The van der Waals surface area contributed by atoms with Crippen LogP contribution in [0.3, 0.4) is 0 Å². The van der Waals surface area contributed by atoms with Crippen LogP contribution in [0.25, 0.3) is 0 Å². The number of hydroxylamine groups is 1. The molecule has 2 aromatic rings. The van der Waals surface area contributed by atoms with Crippen molar-refractivity contribution < 1.29 is 29.1 Å². The third-order valence-electron chi connectivity index (χ3n) is 7.59. The molecule has 0 spiro atoms. The number of carbonyl (C=O) groups excluding carboxylic acids is 4. The molecule has 0 radical (unpaired) electrons. The van der Waals surface area contributed by atoms with Gasteiger partial charge in [0.25, 0.3) is 11.8 Å². The van der Waals surface area contributed by atoms with Gasteiger partial charge in [-0.15, -0.1) is 0 Å². The molecule has 2 N–H and O–H groups in total. The second-order valence-corrected chi connectivity index (χ2v) is 10.2. The fourth-order valence-corrected chi connectivity index (χ4v) is 4.81. The summed E-state index contributed by atoms with van der Waals surface area (Å²) < 4.78 is 5.85. The maximum Gasteiger partial charge on any atom is 0.327 e. The average Bonchev–Trinajstić information content (AvgIpc) is 3.28. The van der Waals surface area contributed by atoms with E-state index in [1.165, 1.54) is 16.8 Å². The van der Waals surface area contributed by atoms with E-state index < -0.39 is 34.8 Å². The molecule has 2 heterocycles. The molecule has 10 heteroatoms. The van der Waals surface area contributed by atoms with Gasteiger partial charge in [-0.05, 0) is 50.5 Å². The highest BCUT2D eigenvalue weighted by atomic mass is 16.5. The average molecular weight is 509 g/mol. The van der Waals surface area contributed by atoms with Gasteiger partial charge in [0.15, 0.2) is 0 Å². The Morgan fingerprint density at radius 3 is 2.24 bits per heavy atom. The van der Waals surface area contributed by atoms with Gasteiger partial charge >= 0.3 is 6.03 Å². The number of ether oxygens (including phenoxy) is 1. The number of benzene rings is 2. The van der Waals surface area contributed by atoms with Crippen LogP contribution in [0.1, 0.15) is 38.3 Å². The zero-order valence-corrected chi connectivity index (χ0v) is 21.4. The van der Waals surface area contributed by atoms with Crippen molar-refractivity contribution >= 4 is 23.8 Å². The van der Waals surface area contributed by atoms with Crippen LogP contribution in [0.15, 0.2) is 54.6 Å². The topological polar surface area (TPSA) is 119 Å². The van der Waals surface area contributed by atoms with Crippen LogP contribution in [0.2, 0.25) is 0 Å². The van der Waals surface area contributed by atoms with E-state index in [1.807, 2.05) is 42.5 Å². The summed E-state index contributed by atoms with van der Waals surface area (Å²) in [5.74, 6) is -1.01. The van der Waals surface area contributed by atoms with Gasteiger partial charge in [-0.25, -0.2) is 10.3 Å². The van der Waals surface area contributed by atoms with E-state index in [-0.39, 0.29) is 19.0 Å². The van der Waals surface area contributed by atoms with Crippen LogP contribution in [0.5, 0.6) is 5.75 Å². The standard InChI is InChI=1S/C27H32N4O6/c1-26(2)23(33)31(25(35)29(26)4)16-21(22(32)28-36)30-15-14-27(3,24(30)34)19-10-12-20(13-11-19)37-17-18-8-6-5-7-9-18/h5-13,21,36H,14-17H2,1-4H3,(H,28,32). The van der Waals surface area contributed by atoms with E-state index in [1.54, 1.807) is 38.4 Å². The number of nitrogens with one attached hydrogen (secondary N) is 1. The summed E-state index contributed by atoms with van der Waals surface area (Å²) in [6.07, 6.45) is 0.415. The molecule has 2 aliphatic rings. The number of likely N-dealkylation sites (N-methyl/N-ethyl adjacent to an activating group) is 1. The van der Waals surface area contributed by atoms with Gasteiger partial charge in [-0.1, -0.05) is 42.5 Å². The van der Waals surface area contributed by atoms with Crippen molar-refractivity contribution in [2.24, 2.45) is 0 Å². The van der Waals surface area contributed by atoms with Crippen molar-refractivity contribution in [2.75, 3.05) is 20.1 Å². The first-order valence-electron chi connectivity index (χ1n) is 12.1. The molecule has 10 nitrogen and oxygen atoms in total. The molecule has 5 amide bonds. The number of imide groups is 1. The lowest BCUT2D eigenvalue weighted by Gasteiger charge is -2.31. The van der Waals surface area contributed by atoms with Crippen LogP contribution in [-0.4, -0.2) is 75.4 Å². The number of hydrogen-bond donors (Lipinski definition) is 2. The van der Waals surface area contributed by atoms with E-state index in [0.29, 0.717) is 18.8 Å². The van der Waals surface area contributed by atoms with Crippen LogP contribution in [0, 0.1) is 0 Å².